The van der Waals surface area contributed by atoms with Crippen molar-refractivity contribution >= 4 is 29.5 Å². The van der Waals surface area contributed by atoms with Crippen molar-refractivity contribution in [3.05, 3.63) is 29.8 Å². The van der Waals surface area contributed by atoms with Crippen LogP contribution in [0.4, 0.5) is 10.5 Å². The molecule has 1 aliphatic carbocycles. The Kier molecular flexibility index (Phi) is 8.98. The van der Waals surface area contributed by atoms with Gasteiger partial charge in [-0.3, -0.25) is 19.3 Å². The van der Waals surface area contributed by atoms with Gasteiger partial charge in [-0.25, -0.2) is 4.79 Å². The second-order valence-electron chi connectivity index (χ2n) is 11.3. The molecule has 1 heterocycles. The molecule has 2 atom stereocenters. The van der Waals surface area contributed by atoms with Crippen LogP contribution in [0.3, 0.4) is 0 Å². The number of carbonyl (C=O) groups excluding carboxylic acids is 3. The molecule has 4 amide bonds. The predicted octanol–water partition coefficient (Wildman–Crippen LogP) is 3.97. The summed E-state index contributed by atoms with van der Waals surface area (Å²) in [6.45, 7) is 8.21. The lowest BCUT2D eigenvalue weighted by Crippen LogP contribution is -2.57. The molecule has 0 radical (unpaired) electrons. The fraction of sp³-hybridized carbons (Fsp3) is 0.630. The zero-order chi connectivity index (χ0) is 26.5. The minimum Gasteiger partial charge on any atom is -0.481 e. The van der Waals surface area contributed by atoms with Crippen molar-refractivity contribution in [3.63, 3.8) is 0 Å². The Morgan fingerprint density at radius 3 is 2.33 bits per heavy atom. The quantitative estimate of drug-likeness (QED) is 0.523. The third-order valence-electron chi connectivity index (χ3n) is 6.88. The number of hydrogen-bond donors (Lipinski definition) is 3. The highest BCUT2D eigenvalue weighted by atomic mass is 16.4. The highest BCUT2D eigenvalue weighted by Crippen LogP contribution is 2.29. The molecule has 9 heteroatoms. The Morgan fingerprint density at radius 2 is 1.72 bits per heavy atom. The number of carbonyl (C=O) groups is 4. The molecular weight excluding hydrogens is 460 g/mol. The van der Waals surface area contributed by atoms with Gasteiger partial charge < -0.3 is 20.6 Å². The van der Waals surface area contributed by atoms with Crippen LogP contribution in [0.15, 0.2) is 24.3 Å². The van der Waals surface area contributed by atoms with E-state index < -0.39 is 30.1 Å². The number of nitrogens with zero attached hydrogens (tertiary/aromatic N) is 2. The number of rotatable bonds is 7. The van der Waals surface area contributed by atoms with E-state index in [0.717, 1.165) is 37.7 Å². The predicted molar refractivity (Wildman–Crippen MR) is 137 cm³/mol. The molecule has 0 aromatic heterocycles. The first-order valence-corrected chi connectivity index (χ1v) is 12.9. The van der Waals surface area contributed by atoms with Crippen LogP contribution in [0.1, 0.15) is 71.3 Å². The maximum absolute atomic E-state index is 13.7. The zero-order valence-electron chi connectivity index (χ0n) is 21.9. The molecule has 36 heavy (non-hydrogen) atoms. The lowest BCUT2D eigenvalue weighted by atomic mass is 9.82. The van der Waals surface area contributed by atoms with E-state index in [1.165, 1.54) is 9.80 Å². The van der Waals surface area contributed by atoms with E-state index >= 15 is 0 Å². The molecule has 9 nitrogen and oxygen atoms in total. The van der Waals surface area contributed by atoms with Gasteiger partial charge in [0.1, 0.15) is 0 Å². The SMILES string of the molecule is Cc1cccc(NC(=O)N2CCN(C(=O)CC(C)(C)C)C2C(=O)NC(CC(=O)O)C2CCCCC2)c1. The van der Waals surface area contributed by atoms with Crippen molar-refractivity contribution in [2.24, 2.45) is 11.3 Å². The van der Waals surface area contributed by atoms with Gasteiger partial charge in [-0.1, -0.05) is 52.2 Å². The molecule has 198 valence electrons. The normalized spacial score (nSPS) is 19.6. The summed E-state index contributed by atoms with van der Waals surface area (Å²) in [6, 6.07) is 6.33. The number of urea groups is 1. The average Bonchev–Trinajstić information content (AvgIpc) is 3.24. The zero-order valence-corrected chi connectivity index (χ0v) is 21.9. The summed E-state index contributed by atoms with van der Waals surface area (Å²) >= 11 is 0. The van der Waals surface area contributed by atoms with Crippen molar-refractivity contribution in [1.29, 1.82) is 0 Å². The summed E-state index contributed by atoms with van der Waals surface area (Å²) in [4.78, 5) is 54.6. The number of aliphatic carboxylic acids is 1. The Morgan fingerprint density at radius 1 is 1.06 bits per heavy atom. The van der Waals surface area contributed by atoms with Crippen LogP contribution in [0, 0.1) is 18.3 Å². The fourth-order valence-corrected chi connectivity index (χ4v) is 5.18. The third-order valence-corrected chi connectivity index (χ3v) is 6.88. The van der Waals surface area contributed by atoms with Crippen molar-refractivity contribution in [1.82, 2.24) is 15.1 Å². The molecule has 1 aromatic rings. The number of nitrogens with one attached hydrogen (secondary N) is 2. The molecule has 2 aliphatic rings. The Balaban J connectivity index is 1.84. The van der Waals surface area contributed by atoms with Crippen LogP contribution in [0.25, 0.3) is 0 Å². The molecule has 1 aromatic carbocycles. The second kappa shape index (κ2) is 11.8. The van der Waals surface area contributed by atoms with Crippen LogP contribution in [0.2, 0.25) is 0 Å². The second-order valence-corrected chi connectivity index (χ2v) is 11.3. The first-order valence-electron chi connectivity index (χ1n) is 12.9. The Hall–Kier alpha value is -3.10. The van der Waals surface area contributed by atoms with E-state index in [0.29, 0.717) is 5.69 Å². The summed E-state index contributed by atoms with van der Waals surface area (Å²) in [7, 11) is 0. The van der Waals surface area contributed by atoms with Crippen LogP contribution >= 0.6 is 0 Å². The third kappa shape index (κ3) is 7.45. The summed E-state index contributed by atoms with van der Waals surface area (Å²) < 4.78 is 0. The van der Waals surface area contributed by atoms with E-state index in [-0.39, 0.29) is 43.2 Å². The van der Waals surface area contributed by atoms with Gasteiger partial charge in [0, 0.05) is 31.2 Å². The summed E-state index contributed by atoms with van der Waals surface area (Å²) in [5.74, 6) is -1.63. The maximum atomic E-state index is 13.7. The van der Waals surface area contributed by atoms with Crippen molar-refractivity contribution in [2.45, 2.75) is 84.8 Å². The van der Waals surface area contributed by atoms with Gasteiger partial charge in [0.15, 0.2) is 6.17 Å². The highest BCUT2D eigenvalue weighted by molar-refractivity contribution is 5.96. The first kappa shape index (κ1) is 27.5. The van der Waals surface area contributed by atoms with Gasteiger partial charge >= 0.3 is 12.0 Å². The van der Waals surface area contributed by atoms with Crippen molar-refractivity contribution < 1.29 is 24.3 Å². The summed E-state index contributed by atoms with van der Waals surface area (Å²) in [6.07, 6.45) is 3.72. The monoisotopic (exact) mass is 500 g/mol. The van der Waals surface area contributed by atoms with E-state index in [1.54, 1.807) is 6.07 Å². The van der Waals surface area contributed by atoms with E-state index in [4.69, 9.17) is 0 Å². The molecule has 1 aliphatic heterocycles. The number of carboxylic acid groups (broad SMARTS) is 1. The summed E-state index contributed by atoms with van der Waals surface area (Å²) in [5.41, 5.74) is 1.29. The highest BCUT2D eigenvalue weighted by Gasteiger charge is 2.44. The molecule has 0 bridgehead atoms. The maximum Gasteiger partial charge on any atom is 0.323 e. The van der Waals surface area contributed by atoms with Crippen LogP contribution in [-0.4, -0.2) is 64.0 Å². The number of amides is 4. The minimum atomic E-state index is -1.13. The number of carboxylic acids is 1. The Bertz CT molecular complexity index is 967. The largest absolute Gasteiger partial charge is 0.481 e. The van der Waals surface area contributed by atoms with Crippen LogP contribution in [-0.2, 0) is 14.4 Å². The number of hydrogen-bond acceptors (Lipinski definition) is 4. The molecular formula is C27H40N4O5. The molecule has 1 saturated carbocycles. The van der Waals surface area contributed by atoms with E-state index in [9.17, 15) is 24.3 Å². The van der Waals surface area contributed by atoms with Gasteiger partial charge in [-0.05, 0) is 48.8 Å². The van der Waals surface area contributed by atoms with Gasteiger partial charge in [0.2, 0.25) is 5.91 Å². The number of aryl methyl sites for hydroxylation is 1. The van der Waals surface area contributed by atoms with E-state index in [1.807, 2.05) is 45.9 Å². The lowest BCUT2D eigenvalue weighted by molar-refractivity contribution is -0.144. The fourth-order valence-electron chi connectivity index (χ4n) is 5.18. The van der Waals surface area contributed by atoms with Crippen molar-refractivity contribution in [2.75, 3.05) is 18.4 Å². The molecule has 2 fully saturated rings. The summed E-state index contributed by atoms with van der Waals surface area (Å²) in [5, 5.41) is 15.3. The van der Waals surface area contributed by atoms with Crippen molar-refractivity contribution in [3.8, 4) is 0 Å². The van der Waals surface area contributed by atoms with Gasteiger partial charge in [0.05, 0.1) is 6.42 Å². The molecule has 3 rings (SSSR count). The molecule has 2 unspecified atom stereocenters. The standard InChI is InChI=1S/C27H40N4O5/c1-18-9-8-12-20(15-18)28-26(36)31-14-13-30(22(32)17-27(2,3)4)25(31)24(35)29-21(16-23(33)34)19-10-6-5-7-11-19/h8-9,12,15,19,21,25H,5-7,10-11,13-14,16-17H2,1-4H3,(H,28,36)(H,29,35)(H,33,34). The van der Waals surface area contributed by atoms with Gasteiger partial charge in [-0.2, -0.15) is 0 Å². The molecule has 0 spiro atoms. The Labute approximate surface area is 213 Å². The number of benzene rings is 1. The molecule has 1 saturated heterocycles. The van der Waals surface area contributed by atoms with Crippen LogP contribution in [0.5, 0.6) is 0 Å². The molecule has 3 N–H and O–H groups in total. The van der Waals surface area contributed by atoms with E-state index in [2.05, 4.69) is 10.6 Å². The first-order chi connectivity index (χ1) is 16.9. The van der Waals surface area contributed by atoms with Gasteiger partial charge in [-0.15, -0.1) is 0 Å². The van der Waals surface area contributed by atoms with Crippen LogP contribution < -0.4 is 10.6 Å². The van der Waals surface area contributed by atoms with Gasteiger partial charge in [0.25, 0.3) is 5.91 Å². The lowest BCUT2D eigenvalue weighted by Gasteiger charge is -2.34. The minimum absolute atomic E-state index is 0.0634. The average molecular weight is 501 g/mol. The topological polar surface area (TPSA) is 119 Å². The smallest absolute Gasteiger partial charge is 0.323 e. The number of anilines is 1.